The van der Waals surface area contributed by atoms with Crippen LogP contribution in [0, 0.1) is 5.92 Å². The van der Waals surface area contributed by atoms with Gasteiger partial charge in [-0.3, -0.25) is 0 Å². The molecule has 4 nitrogen and oxygen atoms in total. The summed E-state index contributed by atoms with van der Waals surface area (Å²) in [7, 11) is 4.88. The summed E-state index contributed by atoms with van der Waals surface area (Å²) in [5.74, 6) is 2.71. The zero-order valence-corrected chi connectivity index (χ0v) is 12.6. The maximum Gasteiger partial charge on any atom is 0.203 e. The molecule has 0 aromatic heterocycles. The second-order valence-electron chi connectivity index (χ2n) is 4.68. The largest absolute Gasteiger partial charge is 0.493 e. The number of rotatable bonds is 8. The Morgan fingerprint density at radius 3 is 2.05 bits per heavy atom. The first kappa shape index (κ1) is 15.6. The molecule has 108 valence electrons. The monoisotopic (exact) mass is 267 g/mol. The van der Waals surface area contributed by atoms with Crippen LogP contribution < -0.4 is 19.5 Å². The summed E-state index contributed by atoms with van der Waals surface area (Å²) >= 11 is 0. The fourth-order valence-electron chi connectivity index (χ4n) is 1.84. The summed E-state index contributed by atoms with van der Waals surface area (Å²) in [5.41, 5.74) is 1.12. The molecule has 19 heavy (non-hydrogen) atoms. The van der Waals surface area contributed by atoms with Crippen LogP contribution in [-0.4, -0.2) is 27.9 Å². The van der Waals surface area contributed by atoms with Crippen molar-refractivity contribution in [2.45, 2.75) is 26.8 Å². The van der Waals surface area contributed by atoms with Gasteiger partial charge in [0.25, 0.3) is 0 Å². The maximum absolute atomic E-state index is 5.34. The fourth-order valence-corrected chi connectivity index (χ4v) is 1.84. The van der Waals surface area contributed by atoms with Gasteiger partial charge in [0.15, 0.2) is 11.5 Å². The van der Waals surface area contributed by atoms with Crippen LogP contribution in [0.15, 0.2) is 12.1 Å². The second kappa shape index (κ2) is 7.89. The summed E-state index contributed by atoms with van der Waals surface area (Å²) in [5, 5.41) is 3.44. The molecule has 1 rings (SSSR count). The Labute approximate surface area is 116 Å². The predicted octanol–water partition coefficient (Wildman–Crippen LogP) is 2.85. The van der Waals surface area contributed by atoms with Crippen LogP contribution in [0.5, 0.6) is 17.2 Å². The van der Waals surface area contributed by atoms with Crippen LogP contribution in [0.3, 0.4) is 0 Å². The zero-order chi connectivity index (χ0) is 14.3. The highest BCUT2D eigenvalue weighted by molar-refractivity contribution is 5.53. The molecule has 0 radical (unpaired) electrons. The molecule has 0 spiro atoms. The van der Waals surface area contributed by atoms with Crippen LogP contribution in [0.4, 0.5) is 0 Å². The molecule has 1 aromatic carbocycles. The predicted molar refractivity (Wildman–Crippen MR) is 77.3 cm³/mol. The molecule has 0 aliphatic rings. The second-order valence-corrected chi connectivity index (χ2v) is 4.68. The molecule has 0 amide bonds. The van der Waals surface area contributed by atoms with E-state index in [4.69, 9.17) is 14.2 Å². The van der Waals surface area contributed by atoms with E-state index in [1.807, 2.05) is 12.1 Å². The Hall–Kier alpha value is -1.42. The Kier molecular flexibility index (Phi) is 6.50. The van der Waals surface area contributed by atoms with Crippen molar-refractivity contribution in [2.24, 2.45) is 5.92 Å². The number of nitrogens with one attached hydrogen (secondary N) is 1. The summed E-state index contributed by atoms with van der Waals surface area (Å²) in [6.07, 6.45) is 1.18. The molecule has 1 unspecified atom stereocenters. The molecule has 4 heteroatoms. The molecule has 0 aliphatic carbocycles. The molecule has 1 aromatic rings. The first-order valence-electron chi connectivity index (χ1n) is 6.65. The molecule has 1 atom stereocenters. The first-order chi connectivity index (χ1) is 9.15. The van der Waals surface area contributed by atoms with Crippen molar-refractivity contribution in [1.82, 2.24) is 5.32 Å². The molecule has 1 N–H and O–H groups in total. The SMILES string of the molecule is CCC(C)CNCc1cc(OC)c(OC)c(OC)c1. The third-order valence-electron chi connectivity index (χ3n) is 3.24. The molecule has 0 aliphatic heterocycles. The molecular weight excluding hydrogens is 242 g/mol. The van der Waals surface area contributed by atoms with Crippen molar-refractivity contribution >= 4 is 0 Å². The number of hydrogen-bond acceptors (Lipinski definition) is 4. The average molecular weight is 267 g/mol. The van der Waals surface area contributed by atoms with Crippen LogP contribution in [0.2, 0.25) is 0 Å². The molecule has 0 bridgehead atoms. The van der Waals surface area contributed by atoms with Crippen molar-refractivity contribution in [3.05, 3.63) is 17.7 Å². The van der Waals surface area contributed by atoms with Crippen LogP contribution in [0.1, 0.15) is 25.8 Å². The lowest BCUT2D eigenvalue weighted by molar-refractivity contribution is 0.323. The van der Waals surface area contributed by atoms with Gasteiger partial charge in [-0.05, 0) is 30.2 Å². The van der Waals surface area contributed by atoms with Gasteiger partial charge in [-0.25, -0.2) is 0 Å². The third kappa shape index (κ3) is 4.31. The van der Waals surface area contributed by atoms with E-state index in [1.165, 1.54) is 6.42 Å². The van der Waals surface area contributed by atoms with Gasteiger partial charge in [-0.15, -0.1) is 0 Å². The van der Waals surface area contributed by atoms with Gasteiger partial charge in [0, 0.05) is 6.54 Å². The van der Waals surface area contributed by atoms with E-state index in [9.17, 15) is 0 Å². The summed E-state index contributed by atoms with van der Waals surface area (Å²) in [6, 6.07) is 3.95. The number of benzene rings is 1. The fraction of sp³-hybridized carbons (Fsp3) is 0.600. The Bertz CT molecular complexity index is 368. The van der Waals surface area contributed by atoms with E-state index in [1.54, 1.807) is 21.3 Å². The summed E-state index contributed by atoms with van der Waals surface area (Å²) in [4.78, 5) is 0. The highest BCUT2D eigenvalue weighted by Gasteiger charge is 2.12. The van der Waals surface area contributed by atoms with Gasteiger partial charge in [-0.1, -0.05) is 20.3 Å². The highest BCUT2D eigenvalue weighted by atomic mass is 16.5. The Balaban J connectivity index is 2.79. The van der Waals surface area contributed by atoms with Gasteiger partial charge in [0.2, 0.25) is 5.75 Å². The van der Waals surface area contributed by atoms with Crippen LogP contribution in [-0.2, 0) is 6.54 Å². The van der Waals surface area contributed by atoms with E-state index < -0.39 is 0 Å². The van der Waals surface area contributed by atoms with Crippen molar-refractivity contribution < 1.29 is 14.2 Å². The smallest absolute Gasteiger partial charge is 0.203 e. The molecular formula is C15H25NO3. The van der Waals surface area contributed by atoms with E-state index in [0.29, 0.717) is 23.2 Å². The number of methoxy groups -OCH3 is 3. The first-order valence-corrected chi connectivity index (χ1v) is 6.65. The third-order valence-corrected chi connectivity index (χ3v) is 3.24. The van der Waals surface area contributed by atoms with Gasteiger partial charge in [0.1, 0.15) is 0 Å². The molecule has 0 fully saturated rings. The van der Waals surface area contributed by atoms with Gasteiger partial charge in [0.05, 0.1) is 21.3 Å². The molecule has 0 saturated heterocycles. The van der Waals surface area contributed by atoms with Crippen LogP contribution >= 0.6 is 0 Å². The number of ether oxygens (including phenoxy) is 3. The van der Waals surface area contributed by atoms with Crippen molar-refractivity contribution in [2.75, 3.05) is 27.9 Å². The number of hydrogen-bond donors (Lipinski definition) is 1. The maximum atomic E-state index is 5.34. The minimum absolute atomic E-state index is 0.635. The average Bonchev–Trinajstić information content (AvgIpc) is 2.45. The normalized spacial score (nSPS) is 12.1. The zero-order valence-electron chi connectivity index (χ0n) is 12.6. The van der Waals surface area contributed by atoms with E-state index >= 15 is 0 Å². The quantitative estimate of drug-likeness (QED) is 0.786. The van der Waals surface area contributed by atoms with Crippen molar-refractivity contribution in [3.63, 3.8) is 0 Å². The van der Waals surface area contributed by atoms with E-state index in [2.05, 4.69) is 19.2 Å². The lowest BCUT2D eigenvalue weighted by atomic mass is 10.1. The van der Waals surface area contributed by atoms with E-state index in [-0.39, 0.29) is 0 Å². The summed E-state index contributed by atoms with van der Waals surface area (Å²) in [6.45, 7) is 6.24. The Morgan fingerprint density at radius 1 is 1.05 bits per heavy atom. The Morgan fingerprint density at radius 2 is 1.63 bits per heavy atom. The standard InChI is InChI=1S/C15H25NO3/c1-6-11(2)9-16-10-12-7-13(17-3)15(19-5)14(8-12)18-4/h7-8,11,16H,6,9-10H2,1-5H3. The highest BCUT2D eigenvalue weighted by Crippen LogP contribution is 2.38. The molecule has 0 saturated carbocycles. The minimum atomic E-state index is 0.635. The summed E-state index contributed by atoms with van der Waals surface area (Å²) < 4.78 is 16.0. The van der Waals surface area contributed by atoms with Gasteiger partial charge in [-0.2, -0.15) is 0 Å². The minimum Gasteiger partial charge on any atom is -0.493 e. The van der Waals surface area contributed by atoms with Crippen LogP contribution in [0.25, 0.3) is 0 Å². The molecule has 0 heterocycles. The lowest BCUT2D eigenvalue weighted by Gasteiger charge is -2.15. The van der Waals surface area contributed by atoms with Crippen molar-refractivity contribution in [3.8, 4) is 17.2 Å². The van der Waals surface area contributed by atoms with Crippen molar-refractivity contribution in [1.29, 1.82) is 0 Å². The topological polar surface area (TPSA) is 39.7 Å². The lowest BCUT2D eigenvalue weighted by Crippen LogP contribution is -2.20. The van der Waals surface area contributed by atoms with Gasteiger partial charge < -0.3 is 19.5 Å². The van der Waals surface area contributed by atoms with Gasteiger partial charge >= 0.3 is 0 Å². The van der Waals surface area contributed by atoms with E-state index in [0.717, 1.165) is 18.7 Å².